The monoisotopic (exact) mass is 330 g/mol. The molecule has 0 saturated carbocycles. The number of rotatable bonds is 9. The number of nitrogens with zero attached hydrogens (tertiary/aromatic N) is 3. The van der Waals surface area contributed by atoms with Crippen LogP contribution in [0.3, 0.4) is 0 Å². The summed E-state index contributed by atoms with van der Waals surface area (Å²) in [5.41, 5.74) is -0.118. The van der Waals surface area contributed by atoms with Gasteiger partial charge in [-0.3, -0.25) is 9.59 Å². The molecule has 1 aromatic rings. The minimum Gasteiger partial charge on any atom is -0.428 e. The molecule has 11 heteroatoms. The largest absolute Gasteiger partial charge is 0.428 e. The standard InChI is InChI=1S/C12H18N4O7/c1-2-3-10(18)22-7-23-12(20)9(17)4-5-13-11(19)8-6-16(21)15-14-8/h6,9,17,21H,2-5,7H2,1H3,(H,13,19). The van der Waals surface area contributed by atoms with Gasteiger partial charge in [-0.05, 0) is 11.6 Å². The highest BCUT2D eigenvalue weighted by Crippen LogP contribution is 1.98. The van der Waals surface area contributed by atoms with Crippen molar-refractivity contribution in [2.45, 2.75) is 32.3 Å². The summed E-state index contributed by atoms with van der Waals surface area (Å²) >= 11 is 0. The molecule has 0 aliphatic rings. The molecule has 3 N–H and O–H groups in total. The fourth-order valence-electron chi connectivity index (χ4n) is 1.42. The van der Waals surface area contributed by atoms with Crippen molar-refractivity contribution >= 4 is 17.8 Å². The van der Waals surface area contributed by atoms with E-state index in [0.29, 0.717) is 11.3 Å². The number of esters is 2. The first-order chi connectivity index (χ1) is 10.9. The van der Waals surface area contributed by atoms with E-state index < -0.39 is 30.7 Å². The molecule has 1 rings (SSSR count). The maximum Gasteiger partial charge on any atom is 0.337 e. The lowest BCUT2D eigenvalue weighted by Crippen LogP contribution is -2.31. The predicted molar refractivity (Wildman–Crippen MR) is 72.1 cm³/mol. The van der Waals surface area contributed by atoms with E-state index >= 15 is 0 Å². The van der Waals surface area contributed by atoms with Crippen molar-refractivity contribution in [3.05, 3.63) is 11.9 Å². The fourth-order valence-corrected chi connectivity index (χ4v) is 1.42. The second kappa shape index (κ2) is 9.35. The van der Waals surface area contributed by atoms with Gasteiger partial charge in [-0.2, -0.15) is 0 Å². The zero-order valence-corrected chi connectivity index (χ0v) is 12.5. The van der Waals surface area contributed by atoms with Gasteiger partial charge in [-0.15, -0.1) is 5.10 Å². The quantitative estimate of drug-likeness (QED) is 0.289. The molecule has 0 saturated heterocycles. The summed E-state index contributed by atoms with van der Waals surface area (Å²) in [6, 6.07) is 0. The molecule has 0 radical (unpaired) electrons. The Balaban J connectivity index is 2.20. The van der Waals surface area contributed by atoms with E-state index in [1.54, 1.807) is 6.92 Å². The highest BCUT2D eigenvalue weighted by molar-refractivity contribution is 5.91. The van der Waals surface area contributed by atoms with Crippen LogP contribution in [0, 0.1) is 0 Å². The molecule has 0 aromatic carbocycles. The molecule has 0 spiro atoms. The smallest absolute Gasteiger partial charge is 0.337 e. The summed E-state index contributed by atoms with van der Waals surface area (Å²) in [5.74, 6) is -2.09. The number of hydrogen-bond acceptors (Lipinski definition) is 9. The third-order valence-electron chi connectivity index (χ3n) is 2.57. The Kier molecular flexibility index (Phi) is 7.47. The molecule has 23 heavy (non-hydrogen) atoms. The van der Waals surface area contributed by atoms with Gasteiger partial charge in [-0.1, -0.05) is 11.8 Å². The Morgan fingerprint density at radius 2 is 2.13 bits per heavy atom. The van der Waals surface area contributed by atoms with E-state index in [-0.39, 0.29) is 25.1 Å². The van der Waals surface area contributed by atoms with E-state index in [9.17, 15) is 19.5 Å². The highest BCUT2D eigenvalue weighted by atomic mass is 16.7. The summed E-state index contributed by atoms with van der Waals surface area (Å²) < 4.78 is 9.16. The van der Waals surface area contributed by atoms with Crippen LogP contribution < -0.4 is 5.32 Å². The van der Waals surface area contributed by atoms with Gasteiger partial charge in [0.05, 0.1) is 6.20 Å². The molecule has 128 valence electrons. The van der Waals surface area contributed by atoms with Crippen LogP contribution in [0.2, 0.25) is 0 Å². The van der Waals surface area contributed by atoms with Crippen LogP contribution in [-0.2, 0) is 19.1 Å². The molecular weight excluding hydrogens is 312 g/mol. The third kappa shape index (κ3) is 6.74. The maximum atomic E-state index is 11.5. The lowest BCUT2D eigenvalue weighted by atomic mass is 10.2. The molecule has 1 amide bonds. The maximum absolute atomic E-state index is 11.5. The van der Waals surface area contributed by atoms with E-state index in [2.05, 4.69) is 25.1 Å². The molecule has 0 bridgehead atoms. The van der Waals surface area contributed by atoms with Gasteiger partial charge in [0.25, 0.3) is 5.91 Å². The number of aliphatic hydroxyl groups excluding tert-OH is 1. The Labute approximate surface area is 131 Å². The second-order valence-electron chi connectivity index (χ2n) is 4.43. The first kappa shape index (κ1) is 18.4. The van der Waals surface area contributed by atoms with Crippen molar-refractivity contribution in [3.63, 3.8) is 0 Å². The number of aliphatic hydroxyl groups is 1. The number of carbonyl (C=O) groups is 3. The summed E-state index contributed by atoms with van der Waals surface area (Å²) in [4.78, 5) is 34.3. The number of amides is 1. The van der Waals surface area contributed by atoms with Gasteiger partial charge in [0.1, 0.15) is 0 Å². The molecule has 11 nitrogen and oxygen atoms in total. The summed E-state index contributed by atoms with van der Waals surface area (Å²) in [5, 5.41) is 27.3. The normalized spacial score (nSPS) is 11.6. The number of aromatic nitrogens is 3. The van der Waals surface area contributed by atoms with Crippen molar-refractivity contribution in [2.75, 3.05) is 13.3 Å². The zero-order valence-electron chi connectivity index (χ0n) is 12.5. The molecule has 1 heterocycles. The van der Waals surface area contributed by atoms with Crippen LogP contribution in [0.15, 0.2) is 6.20 Å². The second-order valence-corrected chi connectivity index (χ2v) is 4.43. The lowest BCUT2D eigenvalue weighted by molar-refractivity contribution is -0.173. The Hall–Kier alpha value is -2.69. The van der Waals surface area contributed by atoms with Gasteiger partial charge in [-0.25, -0.2) is 4.79 Å². The van der Waals surface area contributed by atoms with E-state index in [1.807, 2.05) is 0 Å². The van der Waals surface area contributed by atoms with Gasteiger partial charge in [0.2, 0.25) is 6.79 Å². The van der Waals surface area contributed by atoms with Crippen molar-refractivity contribution < 1.29 is 34.2 Å². The number of hydrogen-bond donors (Lipinski definition) is 3. The third-order valence-corrected chi connectivity index (χ3v) is 2.57. The number of nitrogens with one attached hydrogen (secondary N) is 1. The van der Waals surface area contributed by atoms with Crippen LogP contribution in [-0.4, -0.2) is 62.8 Å². The summed E-state index contributed by atoms with van der Waals surface area (Å²) in [6.07, 6.45) is 0.225. The van der Waals surface area contributed by atoms with Crippen molar-refractivity contribution in [1.82, 2.24) is 20.5 Å². The number of carbonyl (C=O) groups excluding carboxylic acids is 3. The van der Waals surface area contributed by atoms with Gasteiger partial charge >= 0.3 is 11.9 Å². The van der Waals surface area contributed by atoms with Crippen LogP contribution in [0.25, 0.3) is 0 Å². The topological polar surface area (TPSA) is 153 Å². The van der Waals surface area contributed by atoms with Crippen LogP contribution in [0.5, 0.6) is 0 Å². The summed E-state index contributed by atoms with van der Waals surface area (Å²) in [6.45, 7) is 1.19. The van der Waals surface area contributed by atoms with E-state index in [1.165, 1.54) is 0 Å². The molecular formula is C12H18N4O7. The van der Waals surface area contributed by atoms with Gasteiger partial charge in [0, 0.05) is 19.4 Å². The molecule has 1 aromatic heterocycles. The van der Waals surface area contributed by atoms with Crippen molar-refractivity contribution in [1.29, 1.82) is 0 Å². The molecule has 0 fully saturated rings. The zero-order chi connectivity index (χ0) is 17.2. The highest BCUT2D eigenvalue weighted by Gasteiger charge is 2.18. The number of ether oxygens (including phenoxy) is 2. The van der Waals surface area contributed by atoms with Crippen LogP contribution >= 0.6 is 0 Å². The molecule has 1 atom stereocenters. The Bertz CT molecular complexity index is 545. The predicted octanol–water partition coefficient (Wildman–Crippen LogP) is -1.16. The Morgan fingerprint density at radius 1 is 1.39 bits per heavy atom. The van der Waals surface area contributed by atoms with E-state index in [4.69, 9.17) is 5.21 Å². The average molecular weight is 330 g/mol. The fraction of sp³-hybridized carbons (Fsp3) is 0.583. The van der Waals surface area contributed by atoms with Crippen molar-refractivity contribution in [2.24, 2.45) is 0 Å². The molecule has 0 aliphatic heterocycles. The molecule has 1 unspecified atom stereocenters. The first-order valence-electron chi connectivity index (χ1n) is 6.84. The first-order valence-corrected chi connectivity index (χ1v) is 6.84. The average Bonchev–Trinajstić information content (AvgIpc) is 2.93. The van der Waals surface area contributed by atoms with Crippen molar-refractivity contribution in [3.8, 4) is 0 Å². The van der Waals surface area contributed by atoms with Crippen LogP contribution in [0.4, 0.5) is 0 Å². The van der Waals surface area contributed by atoms with Crippen LogP contribution in [0.1, 0.15) is 36.7 Å². The minimum atomic E-state index is -1.48. The minimum absolute atomic E-state index is 0.0387. The van der Waals surface area contributed by atoms with E-state index in [0.717, 1.165) is 6.20 Å². The Morgan fingerprint density at radius 3 is 2.74 bits per heavy atom. The lowest BCUT2D eigenvalue weighted by Gasteiger charge is -2.11. The SMILES string of the molecule is CCCC(=O)OCOC(=O)C(O)CCNC(=O)c1cn(O)nn1. The van der Waals surface area contributed by atoms with Gasteiger partial charge < -0.3 is 25.1 Å². The summed E-state index contributed by atoms with van der Waals surface area (Å²) in [7, 11) is 0. The van der Waals surface area contributed by atoms with Gasteiger partial charge in [0.15, 0.2) is 11.8 Å². The molecule has 0 aliphatic carbocycles.